The smallest absolute Gasteiger partial charge is 0.347 e. The molecule has 0 bridgehead atoms. The highest BCUT2D eigenvalue weighted by Crippen LogP contribution is 2.41. The molecule has 0 heterocycles. The van der Waals surface area contributed by atoms with Crippen LogP contribution in [0.25, 0.3) is 0 Å². The van der Waals surface area contributed by atoms with E-state index >= 15 is 0 Å². The highest BCUT2D eigenvalue weighted by atomic mass is 28.4. The average Bonchev–Trinajstić information content (AvgIpc) is 0.750. The molecule has 0 aliphatic heterocycles. The molecule has 0 aliphatic rings. The first-order valence-corrected chi connectivity index (χ1v) is 52.7. The molecule has 0 amide bonds. The number of carboxylic acid groups (broad SMARTS) is 2. The van der Waals surface area contributed by atoms with Gasteiger partial charge in [-0.3, -0.25) is 4.79 Å². The van der Waals surface area contributed by atoms with Crippen molar-refractivity contribution in [1.29, 1.82) is 0 Å². The van der Waals surface area contributed by atoms with Crippen molar-refractivity contribution in [2.75, 3.05) is 0 Å². The Morgan fingerprint density at radius 1 is 0.201 bits per heavy atom. The number of rotatable bonds is 42. The second-order valence-electron chi connectivity index (χ2n) is 37.2. The SMILES string of the molecule is CC(C)C(=O)O[C@H](C)C(=O)OCc1ccccc1.C[C@H](O[Si](c1ccccc1)(c1ccccc1)C(C)(C)C)C(=O)O[C@H](C)C(=O)O[C@H](C)C(=O)O.C[C@H](O[Si](c1ccccc1)(c1ccccc1)C(C)(C)C)C(=O)O[C@H](C)C(=O)O[C@H](C)C(=O)O[C@H](C)C(=O)O[C@H](C)C(=O)O.C[C@H](O[Si](c1ccccc1)(c1ccccc1)C(C)(C)C)C(=O)O[C@H](C)C(=O)O[C@H](C)C(=O)O[C@H](C)C(=O)O[C@H](C)C(=O)OCc1ccccc1. The fourth-order valence-corrected chi connectivity index (χ4v) is 28.2. The van der Waals surface area contributed by atoms with E-state index in [1.165, 1.54) is 69.2 Å². The molecule has 14 atom stereocenters. The number of aliphatic carboxylic acids is 2. The number of esters is 13. The molecule has 0 aromatic heterocycles. The molecule has 8 aromatic carbocycles. The predicted octanol–water partition coefficient (Wildman–Crippen LogP) is 12.4. The zero-order valence-electron chi connectivity index (χ0n) is 86.2. The maximum atomic E-state index is 13.3. The quantitative estimate of drug-likeness (QED) is 0.0204. The first kappa shape index (κ1) is 121. The number of hydrogen-bond acceptors (Lipinski definition) is 31. The van der Waals surface area contributed by atoms with Crippen molar-refractivity contribution in [2.24, 2.45) is 5.92 Å². The van der Waals surface area contributed by atoms with Crippen LogP contribution >= 0.6 is 0 Å². The fourth-order valence-electron chi connectivity index (χ4n) is 14.3. The largest absolute Gasteiger partial charge is 0.479 e. The normalized spacial score (nSPS) is 14.4. The summed E-state index contributed by atoms with van der Waals surface area (Å²) < 4.78 is 86.1. The van der Waals surface area contributed by atoms with E-state index in [1.807, 2.05) is 218 Å². The van der Waals surface area contributed by atoms with Gasteiger partial charge in [-0.15, -0.1) is 0 Å². The molecule has 0 unspecified atom stereocenters. The first-order valence-electron chi connectivity index (χ1n) is 47.0. The van der Waals surface area contributed by atoms with Gasteiger partial charge in [0.1, 0.15) is 31.5 Å². The van der Waals surface area contributed by atoms with E-state index in [2.05, 4.69) is 67.1 Å². The number of benzene rings is 8. The molecule has 0 spiro atoms. The van der Waals surface area contributed by atoms with Crippen molar-refractivity contribution < 1.29 is 157 Å². The van der Waals surface area contributed by atoms with E-state index in [9.17, 15) is 71.9 Å². The maximum absolute atomic E-state index is 13.3. The number of ether oxygens (including phenoxy) is 13. The van der Waals surface area contributed by atoms with Crippen molar-refractivity contribution >= 4 is 146 Å². The van der Waals surface area contributed by atoms with Crippen LogP contribution in [0.4, 0.5) is 0 Å². The van der Waals surface area contributed by atoms with Crippen LogP contribution in [-0.4, -0.2) is 210 Å². The molecule has 8 rings (SSSR count). The summed E-state index contributed by atoms with van der Waals surface area (Å²) in [7, 11) is -9.17. The van der Waals surface area contributed by atoms with E-state index in [1.54, 1.807) is 58.9 Å². The lowest BCUT2D eigenvalue weighted by molar-refractivity contribution is -0.185. The standard InChI is InChI=1S/C38H46O11Si.C31H40O11Si.C25H32O7Si.C14H18O4/c1-25(33(39)44-24-30-18-12-9-13-19-30)45-34(40)26(2)46-35(41)27(3)47-36(42)28(4)48-37(43)29(5)49-50(38(6,7)8,31-20-14-10-15-21-31)32-22-16-11-17-23-32;1-19(26(32)33)38-27(34)20(2)39-28(35)21(3)40-29(36)22(4)41-30(37)23(5)42-43(31(6,7)8,24-15-11-9-12-16-24)25-17-13-10-14-18-25;1-17(22(26)27)30-23(28)18(2)31-24(29)19(3)32-33(25(4,5)6,20-13-9-7-10-14-20)21-15-11-8-12-16-21;1-10(2)13(15)18-11(3)14(16)17-9-12-7-5-4-6-8-12/h9-23,25-29H,24H2,1-8H3;9-23H,1-8H3,(H,32,33);7-19H,1-6H3,(H,26,27);4-8,10-11H,9H2,1-3H3/t25-,26-,27-,28-,29+;19-,20-,21-,22-,23+;17-,18-,19+;11-/m1111/s1. The van der Waals surface area contributed by atoms with E-state index in [0.717, 1.165) is 49.2 Å². The Kier molecular flexibility index (Phi) is 47.3. The van der Waals surface area contributed by atoms with Gasteiger partial charge in [-0.2, -0.15) is 0 Å². The summed E-state index contributed by atoms with van der Waals surface area (Å²) in [6.07, 6.45) is -17.9. The van der Waals surface area contributed by atoms with Crippen LogP contribution in [0, 0.1) is 5.92 Å². The molecule has 144 heavy (non-hydrogen) atoms. The van der Waals surface area contributed by atoms with Crippen molar-refractivity contribution in [3.05, 3.63) is 254 Å². The van der Waals surface area contributed by atoms with Crippen LogP contribution in [0.3, 0.4) is 0 Å². The lowest BCUT2D eigenvalue weighted by Gasteiger charge is -2.44. The topological polar surface area (TPSA) is 444 Å². The van der Waals surface area contributed by atoms with E-state index in [4.69, 9.17) is 80.3 Å². The number of carboxylic acids is 2. The predicted molar refractivity (Wildman–Crippen MR) is 538 cm³/mol. The Morgan fingerprint density at radius 2 is 0.340 bits per heavy atom. The lowest BCUT2D eigenvalue weighted by atomic mass is 10.2. The Morgan fingerprint density at radius 3 is 0.493 bits per heavy atom. The minimum Gasteiger partial charge on any atom is -0.479 e. The zero-order chi connectivity index (χ0) is 108. The number of hydrogen-bond donors (Lipinski definition) is 2. The van der Waals surface area contributed by atoms with Crippen LogP contribution in [0.15, 0.2) is 243 Å². The maximum Gasteiger partial charge on any atom is 0.347 e. The van der Waals surface area contributed by atoms with Crippen molar-refractivity contribution in [1.82, 2.24) is 0 Å². The van der Waals surface area contributed by atoms with E-state index in [0.29, 0.717) is 0 Å². The van der Waals surface area contributed by atoms with Crippen LogP contribution in [-0.2, 0) is 160 Å². The zero-order valence-corrected chi connectivity index (χ0v) is 89.2. The Balaban J connectivity index is 0.000000355. The van der Waals surface area contributed by atoms with Gasteiger partial charge in [-0.25, -0.2) is 67.1 Å². The summed E-state index contributed by atoms with van der Waals surface area (Å²) in [6.45, 7) is 41.0. The fraction of sp³-hybridized carbons (Fsp3) is 0.417. The molecule has 778 valence electrons. The van der Waals surface area contributed by atoms with Crippen LogP contribution in [0.1, 0.15) is 184 Å². The number of carbonyl (C=O) groups excluding carboxylic acids is 13. The van der Waals surface area contributed by atoms with Gasteiger partial charge in [0.15, 0.2) is 67.1 Å². The van der Waals surface area contributed by atoms with Gasteiger partial charge in [-0.05, 0) is 154 Å². The minimum absolute atomic E-state index is 0.00451. The molecule has 2 N–H and O–H groups in total. The van der Waals surface area contributed by atoms with Gasteiger partial charge in [0.05, 0.1) is 5.92 Å². The monoisotopic (exact) mass is 2040 g/mol. The Hall–Kier alpha value is -13.7. The van der Waals surface area contributed by atoms with Crippen molar-refractivity contribution in [2.45, 2.75) is 287 Å². The van der Waals surface area contributed by atoms with Gasteiger partial charge in [0.2, 0.25) is 0 Å². The third kappa shape index (κ3) is 35.4. The molecule has 0 fully saturated rings. The summed E-state index contributed by atoms with van der Waals surface area (Å²) in [5.74, 6) is -14.1. The van der Waals surface area contributed by atoms with Crippen LogP contribution in [0.2, 0.25) is 15.1 Å². The summed E-state index contributed by atoms with van der Waals surface area (Å²) in [6, 6.07) is 76.9. The third-order valence-corrected chi connectivity index (χ3v) is 37.5. The highest BCUT2D eigenvalue weighted by molar-refractivity contribution is 7.01. The van der Waals surface area contributed by atoms with Crippen LogP contribution in [0.5, 0.6) is 0 Å². The summed E-state index contributed by atoms with van der Waals surface area (Å²) in [5.41, 5.74) is 1.65. The molecular weight excluding hydrogens is 1910 g/mol. The van der Waals surface area contributed by atoms with E-state index < -0.39 is 210 Å². The highest BCUT2D eigenvalue weighted by Gasteiger charge is 2.55. The van der Waals surface area contributed by atoms with Crippen LogP contribution < -0.4 is 31.1 Å². The van der Waals surface area contributed by atoms with Gasteiger partial charge >= 0.3 is 89.5 Å². The summed E-state index contributed by atoms with van der Waals surface area (Å²) in [5, 5.41) is 22.5. The Bertz CT molecular complexity index is 5390. The second-order valence-corrected chi connectivity index (χ2v) is 49.9. The molecular formula is C108H136O33Si3. The number of carbonyl (C=O) groups is 15. The molecule has 0 saturated heterocycles. The molecule has 33 nitrogen and oxygen atoms in total. The average molecular weight is 2050 g/mol. The molecule has 0 radical (unpaired) electrons. The molecule has 36 heteroatoms. The first-order chi connectivity index (χ1) is 67.5. The van der Waals surface area contributed by atoms with Gasteiger partial charge in [0, 0.05) is 0 Å². The summed E-state index contributed by atoms with van der Waals surface area (Å²) in [4.78, 5) is 183. The van der Waals surface area contributed by atoms with Crippen molar-refractivity contribution in [3.8, 4) is 0 Å². The molecule has 0 saturated carbocycles. The van der Waals surface area contributed by atoms with Gasteiger partial charge in [-0.1, -0.05) is 319 Å². The van der Waals surface area contributed by atoms with Crippen molar-refractivity contribution in [3.63, 3.8) is 0 Å². The molecule has 8 aromatic rings. The van der Waals surface area contributed by atoms with Gasteiger partial charge in [0.25, 0.3) is 25.0 Å². The molecule has 0 aliphatic carbocycles. The Labute approximate surface area is 844 Å². The minimum atomic E-state index is -3.10. The lowest BCUT2D eigenvalue weighted by Crippen LogP contribution is -2.68. The van der Waals surface area contributed by atoms with E-state index in [-0.39, 0.29) is 24.2 Å². The summed E-state index contributed by atoms with van der Waals surface area (Å²) >= 11 is 0. The third-order valence-electron chi connectivity index (χ3n) is 22.1. The second kappa shape index (κ2) is 56.4. The van der Waals surface area contributed by atoms with Gasteiger partial charge < -0.3 is 85.1 Å².